The second-order valence-corrected chi connectivity index (χ2v) is 11.0. The van der Waals surface area contributed by atoms with Gasteiger partial charge in [-0.3, -0.25) is 4.79 Å². The minimum absolute atomic E-state index is 0.0268. The Morgan fingerprint density at radius 2 is 2.12 bits per heavy atom. The van der Waals surface area contributed by atoms with Crippen molar-refractivity contribution < 1.29 is 13.2 Å². The third kappa shape index (κ3) is 5.82. The molecule has 2 rings (SSSR count). The topological polar surface area (TPSA) is 92.3 Å². The van der Waals surface area contributed by atoms with Crippen molar-refractivity contribution in [3.8, 4) is 0 Å². The number of hydrogen-bond acceptors (Lipinski definition) is 8. The normalized spacial score (nSPS) is 20.6. The average Bonchev–Trinajstić information content (AvgIpc) is 3.11. The van der Waals surface area contributed by atoms with E-state index in [0.29, 0.717) is 6.42 Å². The van der Waals surface area contributed by atoms with Gasteiger partial charge < -0.3 is 10.2 Å². The standard InChI is InChI=1S/C15H26N4O3S3/c1-5-11(4)19(12-6-7-25(21,22)9-12)13(20)8-23-15-18-17-14(24-15)16-10(2)3/h10-12H,5-9H2,1-4H3,(H,16,17). The Labute approximate surface area is 157 Å². The Morgan fingerprint density at radius 1 is 1.40 bits per heavy atom. The van der Waals surface area contributed by atoms with Gasteiger partial charge in [0, 0.05) is 18.1 Å². The van der Waals surface area contributed by atoms with Crippen LogP contribution in [0.2, 0.25) is 0 Å². The van der Waals surface area contributed by atoms with Gasteiger partial charge in [0.2, 0.25) is 11.0 Å². The smallest absolute Gasteiger partial charge is 0.233 e. The lowest BCUT2D eigenvalue weighted by Crippen LogP contribution is -2.47. The quantitative estimate of drug-likeness (QED) is 0.662. The van der Waals surface area contributed by atoms with E-state index in [0.717, 1.165) is 15.9 Å². The molecule has 1 N–H and O–H groups in total. The monoisotopic (exact) mass is 406 g/mol. The zero-order chi connectivity index (χ0) is 18.6. The van der Waals surface area contributed by atoms with Crippen LogP contribution in [0.25, 0.3) is 0 Å². The van der Waals surface area contributed by atoms with E-state index in [1.807, 2.05) is 27.7 Å². The van der Waals surface area contributed by atoms with Gasteiger partial charge in [0.05, 0.1) is 17.3 Å². The molecule has 142 valence electrons. The van der Waals surface area contributed by atoms with Crippen LogP contribution < -0.4 is 5.32 Å². The van der Waals surface area contributed by atoms with Crippen molar-refractivity contribution in [1.29, 1.82) is 0 Å². The molecule has 0 aromatic carbocycles. The molecular weight excluding hydrogens is 380 g/mol. The number of sulfone groups is 1. The molecule has 1 fully saturated rings. The molecule has 10 heteroatoms. The zero-order valence-corrected chi connectivity index (χ0v) is 17.5. The molecule has 1 aromatic rings. The van der Waals surface area contributed by atoms with Gasteiger partial charge in [0.1, 0.15) is 0 Å². The lowest BCUT2D eigenvalue weighted by molar-refractivity contribution is -0.132. The molecule has 2 heterocycles. The first-order valence-electron chi connectivity index (χ1n) is 8.46. The maximum atomic E-state index is 12.8. The fourth-order valence-electron chi connectivity index (χ4n) is 2.77. The van der Waals surface area contributed by atoms with Crippen LogP contribution in [0.3, 0.4) is 0 Å². The first kappa shape index (κ1) is 20.4. The molecule has 0 spiro atoms. The van der Waals surface area contributed by atoms with Crippen LogP contribution in [0.1, 0.15) is 40.5 Å². The highest BCUT2D eigenvalue weighted by Gasteiger charge is 2.36. The summed E-state index contributed by atoms with van der Waals surface area (Å²) in [5.41, 5.74) is 0. The fourth-order valence-corrected chi connectivity index (χ4v) is 6.25. The lowest BCUT2D eigenvalue weighted by atomic mass is 10.1. The van der Waals surface area contributed by atoms with Crippen molar-refractivity contribution in [2.45, 2.75) is 63.0 Å². The van der Waals surface area contributed by atoms with Crippen molar-refractivity contribution in [3.63, 3.8) is 0 Å². The van der Waals surface area contributed by atoms with Gasteiger partial charge in [0.25, 0.3) is 0 Å². The Balaban J connectivity index is 1.99. The summed E-state index contributed by atoms with van der Waals surface area (Å²) in [5, 5.41) is 12.1. The Kier molecular flexibility index (Phi) is 7.10. The second-order valence-electron chi connectivity index (χ2n) is 6.58. The van der Waals surface area contributed by atoms with E-state index >= 15 is 0 Å². The molecule has 1 aliphatic rings. The van der Waals surface area contributed by atoms with Crippen LogP contribution >= 0.6 is 23.1 Å². The largest absolute Gasteiger partial charge is 0.358 e. The number of rotatable bonds is 8. The van der Waals surface area contributed by atoms with Crippen LogP contribution in [-0.4, -0.2) is 64.8 Å². The number of carbonyl (C=O) groups excluding carboxylic acids is 1. The zero-order valence-electron chi connectivity index (χ0n) is 15.1. The average molecular weight is 407 g/mol. The van der Waals surface area contributed by atoms with Crippen LogP contribution in [0.4, 0.5) is 5.13 Å². The van der Waals surface area contributed by atoms with Crippen molar-refractivity contribution in [3.05, 3.63) is 0 Å². The Morgan fingerprint density at radius 3 is 2.68 bits per heavy atom. The highest BCUT2D eigenvalue weighted by molar-refractivity contribution is 8.01. The van der Waals surface area contributed by atoms with E-state index in [-0.39, 0.29) is 41.3 Å². The summed E-state index contributed by atoms with van der Waals surface area (Å²) in [6.45, 7) is 8.04. The molecule has 2 unspecified atom stereocenters. The summed E-state index contributed by atoms with van der Waals surface area (Å²) in [6, 6.07) is 0.0947. The van der Waals surface area contributed by atoms with Gasteiger partial charge in [-0.1, -0.05) is 30.0 Å². The van der Waals surface area contributed by atoms with Crippen LogP contribution in [0.15, 0.2) is 4.34 Å². The molecule has 0 aliphatic carbocycles. The molecule has 0 bridgehead atoms. The van der Waals surface area contributed by atoms with Crippen LogP contribution in [-0.2, 0) is 14.6 Å². The van der Waals surface area contributed by atoms with E-state index in [1.54, 1.807) is 4.90 Å². The number of amides is 1. The minimum atomic E-state index is -3.02. The van der Waals surface area contributed by atoms with E-state index in [1.165, 1.54) is 23.1 Å². The van der Waals surface area contributed by atoms with Gasteiger partial charge in [0.15, 0.2) is 14.2 Å². The molecular formula is C15H26N4O3S3. The van der Waals surface area contributed by atoms with E-state index in [4.69, 9.17) is 0 Å². The highest BCUT2D eigenvalue weighted by atomic mass is 32.2. The molecule has 25 heavy (non-hydrogen) atoms. The number of nitrogens with one attached hydrogen (secondary N) is 1. The van der Waals surface area contributed by atoms with Crippen molar-refractivity contribution in [2.75, 3.05) is 22.6 Å². The summed E-state index contributed by atoms with van der Waals surface area (Å²) < 4.78 is 24.3. The number of anilines is 1. The second kappa shape index (κ2) is 8.68. The van der Waals surface area contributed by atoms with Crippen molar-refractivity contribution >= 4 is 44.0 Å². The number of thioether (sulfide) groups is 1. The SMILES string of the molecule is CCC(C)N(C(=O)CSc1nnc(NC(C)C)s1)C1CCS(=O)(=O)C1. The van der Waals surface area contributed by atoms with E-state index in [2.05, 4.69) is 15.5 Å². The van der Waals surface area contributed by atoms with E-state index < -0.39 is 9.84 Å². The third-order valence-corrected chi connectivity index (χ3v) is 7.82. The number of hydrogen-bond donors (Lipinski definition) is 1. The molecule has 7 nitrogen and oxygen atoms in total. The Hall–Kier alpha value is -0.870. The maximum Gasteiger partial charge on any atom is 0.233 e. The van der Waals surface area contributed by atoms with Crippen molar-refractivity contribution in [1.82, 2.24) is 15.1 Å². The summed E-state index contributed by atoms with van der Waals surface area (Å²) in [7, 11) is -3.02. The lowest BCUT2D eigenvalue weighted by Gasteiger charge is -2.33. The number of nitrogens with zero attached hydrogens (tertiary/aromatic N) is 3. The van der Waals surface area contributed by atoms with Gasteiger partial charge in [-0.2, -0.15) is 0 Å². The summed E-state index contributed by atoms with van der Waals surface area (Å²) in [5.74, 6) is 0.465. The summed E-state index contributed by atoms with van der Waals surface area (Å²) in [6.07, 6.45) is 1.33. The summed E-state index contributed by atoms with van der Waals surface area (Å²) >= 11 is 2.78. The molecule has 0 saturated carbocycles. The van der Waals surface area contributed by atoms with Gasteiger partial charge in [-0.15, -0.1) is 10.2 Å². The minimum Gasteiger partial charge on any atom is -0.358 e. The molecule has 1 aliphatic heterocycles. The van der Waals surface area contributed by atoms with Crippen LogP contribution in [0, 0.1) is 0 Å². The maximum absolute atomic E-state index is 12.8. The van der Waals surface area contributed by atoms with Crippen molar-refractivity contribution in [2.24, 2.45) is 0 Å². The van der Waals surface area contributed by atoms with Gasteiger partial charge in [-0.25, -0.2) is 8.42 Å². The predicted molar refractivity (Wildman–Crippen MR) is 103 cm³/mol. The highest BCUT2D eigenvalue weighted by Crippen LogP contribution is 2.28. The molecule has 0 radical (unpaired) electrons. The molecule has 1 aromatic heterocycles. The Bertz CT molecular complexity index is 690. The third-order valence-electron chi connectivity index (χ3n) is 4.09. The first-order chi connectivity index (χ1) is 11.7. The molecule has 1 amide bonds. The predicted octanol–water partition coefficient (Wildman–Crippen LogP) is 2.26. The van der Waals surface area contributed by atoms with Crippen LogP contribution in [0.5, 0.6) is 0 Å². The first-order valence-corrected chi connectivity index (χ1v) is 12.1. The fraction of sp³-hybridized carbons (Fsp3) is 0.800. The molecule has 2 atom stereocenters. The molecule has 1 saturated heterocycles. The van der Waals surface area contributed by atoms with Gasteiger partial charge in [-0.05, 0) is 33.6 Å². The number of aromatic nitrogens is 2. The summed E-state index contributed by atoms with van der Waals surface area (Å²) in [4.78, 5) is 14.5. The number of carbonyl (C=O) groups is 1. The van der Waals surface area contributed by atoms with E-state index in [9.17, 15) is 13.2 Å². The van der Waals surface area contributed by atoms with Gasteiger partial charge >= 0.3 is 0 Å².